The van der Waals surface area contributed by atoms with Crippen LogP contribution >= 0.6 is 0 Å². The second kappa shape index (κ2) is 30.8. The number of esters is 1. The minimum Gasteiger partial charge on any atom is -0.460 e. The molecule has 1 saturated carbocycles. The number of amides is 1. The molecule has 3 heterocycles. The zero-order chi connectivity index (χ0) is 58.0. The van der Waals surface area contributed by atoms with Crippen molar-refractivity contribution in [2.75, 3.05) is 27.9 Å². The fourth-order valence-electron chi connectivity index (χ4n) is 10.9. The number of Topliss-reactive ketones (excluding diaryl/α,β-unsaturated/α-hetero) is 3. The summed E-state index contributed by atoms with van der Waals surface area (Å²) >= 11 is 0. The number of carboxylic acid groups (broad SMARTS) is 1. The van der Waals surface area contributed by atoms with Gasteiger partial charge in [0.25, 0.3) is 17.4 Å². The van der Waals surface area contributed by atoms with E-state index in [0.29, 0.717) is 63.4 Å². The van der Waals surface area contributed by atoms with Crippen molar-refractivity contribution in [2.24, 2.45) is 35.5 Å². The van der Waals surface area contributed by atoms with E-state index in [9.17, 15) is 54.2 Å². The Morgan fingerprint density at radius 1 is 0.872 bits per heavy atom. The fourth-order valence-corrected chi connectivity index (χ4v) is 10.9. The molecule has 20 heteroatoms. The third kappa shape index (κ3) is 18.3. The maximum atomic E-state index is 14.4. The van der Waals surface area contributed by atoms with E-state index in [4.69, 9.17) is 28.8 Å². The van der Waals surface area contributed by atoms with Crippen LogP contribution in [0.25, 0.3) is 0 Å². The van der Waals surface area contributed by atoms with Gasteiger partial charge >= 0.3 is 12.1 Å². The van der Waals surface area contributed by atoms with Gasteiger partial charge in [0.2, 0.25) is 5.79 Å². The van der Waals surface area contributed by atoms with E-state index in [-0.39, 0.29) is 66.2 Å². The smallest absolute Gasteiger partial charge is 0.460 e. The summed E-state index contributed by atoms with van der Waals surface area (Å²) in [5, 5.41) is 52.2. The van der Waals surface area contributed by atoms with Crippen molar-refractivity contribution < 1.29 is 82.5 Å². The third-order valence-electron chi connectivity index (χ3n) is 15.7. The Morgan fingerprint density at radius 3 is 2.19 bits per heavy atom. The molecule has 0 radical (unpaired) electrons. The highest BCUT2D eigenvalue weighted by molar-refractivity contribution is 6.39. The highest BCUT2D eigenvalue weighted by Crippen LogP contribution is 2.38. The van der Waals surface area contributed by atoms with Crippen molar-refractivity contribution in [3.8, 4) is 5.75 Å². The van der Waals surface area contributed by atoms with Gasteiger partial charge in [0.15, 0.2) is 5.78 Å². The van der Waals surface area contributed by atoms with E-state index in [1.807, 2.05) is 58.1 Å². The lowest BCUT2D eigenvalue weighted by atomic mass is 9.78. The first-order chi connectivity index (χ1) is 36.8. The molecule has 78 heavy (non-hydrogen) atoms. The Balaban J connectivity index is 0.000000880. The average molecular weight is 1100 g/mol. The molecule has 15 atom stereocenters. The number of benzene rings is 1. The summed E-state index contributed by atoms with van der Waals surface area (Å²) in [7, 11) is 4.52. The summed E-state index contributed by atoms with van der Waals surface area (Å²) in [5.74, 6) is -7.91. The average Bonchev–Trinajstić information content (AvgIpc) is 3.49. The van der Waals surface area contributed by atoms with Crippen molar-refractivity contribution in [1.29, 1.82) is 0 Å². The number of piperidine rings is 1. The molecule has 4 N–H and O–H groups in total. The minimum atomic E-state index is -2.43. The van der Waals surface area contributed by atoms with Crippen LogP contribution in [0.2, 0.25) is 0 Å². The zero-order valence-electron chi connectivity index (χ0n) is 46.9. The summed E-state index contributed by atoms with van der Waals surface area (Å²) < 4.78 is 33.6. The van der Waals surface area contributed by atoms with Crippen LogP contribution < -0.4 is 4.74 Å². The van der Waals surface area contributed by atoms with Gasteiger partial charge in [0.05, 0.1) is 29.3 Å². The second-order valence-electron chi connectivity index (χ2n) is 21.7. The maximum Gasteiger partial charge on any atom is 0.511 e. The molecule has 5 rings (SSSR count). The number of methoxy groups -OCH3 is 3. The number of hydrogen-bond acceptors (Lipinski definition) is 17. The molecule has 2 bridgehead atoms. The number of ether oxygens (including phenoxy) is 6. The molecule has 3 aliphatic heterocycles. The van der Waals surface area contributed by atoms with Gasteiger partial charge in [-0.25, -0.2) is 9.59 Å². The normalized spacial score (nSPS) is 35.2. The van der Waals surface area contributed by atoms with Crippen LogP contribution in [0, 0.1) is 45.6 Å². The van der Waals surface area contributed by atoms with Crippen molar-refractivity contribution >= 4 is 41.1 Å². The van der Waals surface area contributed by atoms with E-state index in [1.165, 1.54) is 24.1 Å². The summed E-state index contributed by atoms with van der Waals surface area (Å²) in [6.07, 6.45) is 9.73. The number of nitrogens with zero attached hydrogens (tertiary/aromatic N) is 2. The topological polar surface area (TPSA) is 285 Å². The molecule has 1 aliphatic carbocycles. The van der Waals surface area contributed by atoms with Crippen LogP contribution in [-0.2, 0) is 47.7 Å². The number of fused-ring (bicyclic) bond motifs is 3. The summed E-state index contributed by atoms with van der Waals surface area (Å²) in [6, 6.07) is 3.62. The molecule has 1 aromatic carbocycles. The quantitative estimate of drug-likeness (QED) is 0.0481. The molecule has 1 aromatic rings. The maximum absolute atomic E-state index is 14.4. The van der Waals surface area contributed by atoms with Gasteiger partial charge in [0, 0.05) is 70.6 Å². The molecular formula is C58H84N2O18. The number of cyclic esters (lactones) is 1. The molecule has 2 saturated heterocycles. The molecule has 4 aliphatic rings. The van der Waals surface area contributed by atoms with Crippen LogP contribution in [-0.4, -0.2) is 148 Å². The number of nitro groups is 1. The minimum absolute atomic E-state index is 0.0193. The number of non-ortho nitro benzene ring substituents is 1. The number of aliphatic hydroxyl groups excluding tert-OH is 2. The van der Waals surface area contributed by atoms with Crippen LogP contribution in [0.15, 0.2) is 71.9 Å². The Morgan fingerprint density at radius 2 is 1.56 bits per heavy atom. The Hall–Kier alpha value is -5.48. The van der Waals surface area contributed by atoms with Gasteiger partial charge in [-0.3, -0.25) is 29.3 Å². The number of ketones is 3. The standard InChI is InChI=1S/C51H79NO13.C7H5NO5/c1-30-16-12-11-13-17-31(2)42(61-8)28-38-21-19-36(7)51(60,65-38)48(57)49(58)52-23-15-14-18-39(52)50(59)64-43(33(4)26-37-20-22-40(53)44(27-37)62-9)29-41(54)32(3)25-35(6)46(56)47(63-10)45(55)34(5)24-30;9-7(10)13-6-3-1-5(2-4-6)8(11)12/h11-13,16-17,25,30,32-34,36-40,42-44,46-47,53,56,60H,14-15,18-24,26-29H2,1-10H3;1-4H,(H,9,10)/b13-11+,16-12+,31-17+,35-25+;/t30-,32-,33-,34-,36-,37+,38+,39+,40-,42+,43+,44-,46-,47+,51-;/m1./s1. The van der Waals surface area contributed by atoms with E-state index in [2.05, 4.69) is 4.74 Å². The van der Waals surface area contributed by atoms with E-state index < -0.39 is 94.9 Å². The SMILES string of the molecule is CO[C@H]1C[C@@H]2CC[C@@H](C)[C@@](O)(O2)C(=O)C(=O)N2CCCC[C@H]2C(=O)O[C@H]([C@H](C)C[C@@H]2CC[C@@H](O)[C@H](OC)C2)CC(=O)[C@H](C)/C=C(\C)[C@@H](O)[C@@H](OC)C(=O)[C@H](C)C[C@H](C)/C=C/C=C/C=C/1C.O=C(O)Oc1ccc([N+](=O)[O-])cc1. The van der Waals surface area contributed by atoms with Gasteiger partial charge in [-0.05, 0) is 119 Å². The molecule has 1 amide bonds. The molecular weight excluding hydrogens is 1010 g/mol. The van der Waals surface area contributed by atoms with Crippen LogP contribution in [0.4, 0.5) is 10.5 Å². The first-order valence-corrected chi connectivity index (χ1v) is 27.2. The number of nitro benzene ring substituents is 1. The zero-order valence-corrected chi connectivity index (χ0v) is 46.9. The van der Waals surface area contributed by atoms with Crippen LogP contribution in [0.3, 0.4) is 0 Å². The predicted molar refractivity (Wildman–Crippen MR) is 287 cm³/mol. The molecule has 3 fully saturated rings. The van der Waals surface area contributed by atoms with Crippen molar-refractivity contribution in [1.82, 2.24) is 4.90 Å². The Kier molecular flexibility index (Phi) is 25.7. The van der Waals surface area contributed by atoms with Crippen LogP contribution in [0.5, 0.6) is 5.75 Å². The number of aliphatic hydroxyl groups is 3. The van der Waals surface area contributed by atoms with Gasteiger partial charge < -0.3 is 53.7 Å². The highest BCUT2D eigenvalue weighted by atomic mass is 16.7. The lowest BCUT2D eigenvalue weighted by molar-refractivity contribution is -0.384. The van der Waals surface area contributed by atoms with Crippen molar-refractivity contribution in [3.63, 3.8) is 0 Å². The predicted octanol–water partition coefficient (Wildman–Crippen LogP) is 7.83. The van der Waals surface area contributed by atoms with Gasteiger partial charge in [-0.1, -0.05) is 71.1 Å². The first-order valence-electron chi connectivity index (χ1n) is 27.2. The van der Waals surface area contributed by atoms with E-state index in [0.717, 1.165) is 24.1 Å². The van der Waals surface area contributed by atoms with Crippen molar-refractivity contribution in [2.45, 2.75) is 180 Å². The number of rotatable bonds is 8. The molecule has 0 unspecified atom stereocenters. The lowest BCUT2D eigenvalue weighted by Gasteiger charge is -2.42. The second-order valence-corrected chi connectivity index (χ2v) is 21.7. The third-order valence-corrected chi connectivity index (χ3v) is 15.7. The van der Waals surface area contributed by atoms with Crippen LogP contribution in [0.1, 0.15) is 126 Å². The Bertz CT molecular complexity index is 2330. The first kappa shape index (κ1) is 65.0. The highest BCUT2D eigenvalue weighted by Gasteiger charge is 2.53. The number of carbonyl (C=O) groups is 6. The fraction of sp³-hybridized carbons (Fsp3) is 0.655. The summed E-state index contributed by atoms with van der Waals surface area (Å²) in [4.78, 5) is 91.4. The molecule has 434 valence electrons. The summed E-state index contributed by atoms with van der Waals surface area (Å²) in [5.41, 5.74) is 1.15. The molecule has 0 aromatic heterocycles. The van der Waals surface area contributed by atoms with Gasteiger partial charge in [0.1, 0.15) is 35.9 Å². The lowest BCUT2D eigenvalue weighted by Crippen LogP contribution is -2.61. The van der Waals surface area contributed by atoms with E-state index in [1.54, 1.807) is 41.1 Å². The number of allylic oxidation sites excluding steroid dienone is 6. The Labute approximate surface area is 458 Å². The largest absolute Gasteiger partial charge is 0.511 e. The number of carbonyl (C=O) groups excluding carboxylic acids is 5. The number of hydrogen-bond donors (Lipinski definition) is 4. The monoisotopic (exact) mass is 1100 g/mol. The molecule has 20 nitrogen and oxygen atoms in total. The van der Waals surface area contributed by atoms with Gasteiger partial charge in [-0.15, -0.1) is 0 Å². The summed E-state index contributed by atoms with van der Waals surface area (Å²) in [6.45, 7) is 12.7. The molecule has 0 spiro atoms. The van der Waals surface area contributed by atoms with E-state index >= 15 is 0 Å². The van der Waals surface area contributed by atoms with Gasteiger partial charge in [-0.2, -0.15) is 0 Å². The van der Waals surface area contributed by atoms with Crippen molar-refractivity contribution in [3.05, 3.63) is 82.0 Å².